The highest BCUT2D eigenvalue weighted by atomic mass is 79.9. The van der Waals surface area contributed by atoms with Crippen molar-refractivity contribution < 1.29 is 8.42 Å². The lowest BCUT2D eigenvalue weighted by atomic mass is 10.0. The second kappa shape index (κ2) is 5.69. The van der Waals surface area contributed by atoms with Crippen molar-refractivity contribution in [3.63, 3.8) is 0 Å². The average molecular weight is 367 g/mol. The Morgan fingerprint density at radius 3 is 2.62 bits per heavy atom. The van der Waals surface area contributed by atoms with Crippen LogP contribution in [0.15, 0.2) is 51.8 Å². The number of nitrogens with one attached hydrogen (secondary N) is 2. The highest BCUT2D eigenvalue weighted by Crippen LogP contribution is 2.27. The topological polar surface area (TPSA) is 58.2 Å². The van der Waals surface area contributed by atoms with E-state index in [9.17, 15) is 8.42 Å². The highest BCUT2D eigenvalue weighted by Gasteiger charge is 2.15. The van der Waals surface area contributed by atoms with Gasteiger partial charge in [0.25, 0.3) is 10.0 Å². The third-order valence-corrected chi connectivity index (χ3v) is 5.35. The van der Waals surface area contributed by atoms with Crippen molar-refractivity contribution >= 4 is 37.3 Å². The van der Waals surface area contributed by atoms with Gasteiger partial charge in [0.2, 0.25) is 0 Å². The predicted molar refractivity (Wildman–Crippen MR) is 88.2 cm³/mol. The largest absolute Gasteiger partial charge is 0.385 e. The summed E-state index contributed by atoms with van der Waals surface area (Å²) in [6, 6.07) is 12.2. The van der Waals surface area contributed by atoms with Crippen LogP contribution < -0.4 is 10.0 Å². The van der Waals surface area contributed by atoms with E-state index in [0.29, 0.717) is 5.69 Å². The van der Waals surface area contributed by atoms with Crippen molar-refractivity contribution in [1.82, 2.24) is 0 Å². The monoisotopic (exact) mass is 366 g/mol. The molecule has 1 heterocycles. The van der Waals surface area contributed by atoms with Gasteiger partial charge in [0.1, 0.15) is 0 Å². The predicted octanol–water partition coefficient (Wildman–Crippen LogP) is 3.61. The lowest BCUT2D eigenvalue weighted by Gasteiger charge is -2.19. The van der Waals surface area contributed by atoms with Gasteiger partial charge < -0.3 is 5.32 Å². The molecule has 2 N–H and O–H groups in total. The Morgan fingerprint density at radius 1 is 1.10 bits per heavy atom. The molecule has 0 unspecified atom stereocenters. The van der Waals surface area contributed by atoms with Crippen LogP contribution in [0.5, 0.6) is 0 Å². The third-order valence-electron chi connectivity index (χ3n) is 3.42. The summed E-state index contributed by atoms with van der Waals surface area (Å²) in [6.45, 7) is 0.927. The lowest BCUT2D eigenvalue weighted by molar-refractivity contribution is 0.601. The summed E-state index contributed by atoms with van der Waals surface area (Å²) in [5.74, 6) is 0. The Labute approximate surface area is 132 Å². The van der Waals surface area contributed by atoms with Crippen LogP contribution >= 0.6 is 15.9 Å². The quantitative estimate of drug-likeness (QED) is 0.872. The summed E-state index contributed by atoms with van der Waals surface area (Å²) in [5, 5.41) is 3.29. The first kappa shape index (κ1) is 14.4. The zero-order valence-corrected chi connectivity index (χ0v) is 13.7. The van der Waals surface area contributed by atoms with Gasteiger partial charge >= 0.3 is 0 Å². The summed E-state index contributed by atoms with van der Waals surface area (Å²) in [5.41, 5.74) is 2.82. The van der Waals surface area contributed by atoms with E-state index in [1.54, 1.807) is 24.3 Å². The normalized spacial score (nSPS) is 14.1. The van der Waals surface area contributed by atoms with E-state index in [1.165, 1.54) is 5.56 Å². The van der Waals surface area contributed by atoms with E-state index in [4.69, 9.17) is 0 Å². The molecule has 4 nitrogen and oxygen atoms in total. The fourth-order valence-electron chi connectivity index (χ4n) is 2.35. The number of benzene rings is 2. The molecule has 0 spiro atoms. The van der Waals surface area contributed by atoms with E-state index < -0.39 is 10.0 Å². The molecule has 1 aliphatic rings. The number of halogens is 1. The molecule has 2 aromatic carbocycles. The molecule has 0 aromatic heterocycles. The van der Waals surface area contributed by atoms with Gasteiger partial charge in [0, 0.05) is 16.7 Å². The zero-order valence-electron chi connectivity index (χ0n) is 11.3. The number of hydrogen-bond donors (Lipinski definition) is 2. The van der Waals surface area contributed by atoms with Crippen molar-refractivity contribution in [3.05, 3.63) is 52.5 Å². The number of hydrogen-bond acceptors (Lipinski definition) is 3. The van der Waals surface area contributed by atoms with E-state index in [-0.39, 0.29) is 4.90 Å². The van der Waals surface area contributed by atoms with Gasteiger partial charge in [0.05, 0.1) is 10.6 Å². The van der Waals surface area contributed by atoms with Gasteiger partial charge in [-0.1, -0.05) is 22.0 Å². The van der Waals surface area contributed by atoms with Crippen molar-refractivity contribution in [2.45, 2.75) is 17.7 Å². The Morgan fingerprint density at radius 2 is 1.86 bits per heavy atom. The van der Waals surface area contributed by atoms with Gasteiger partial charge in [-0.2, -0.15) is 0 Å². The number of rotatable bonds is 3. The molecule has 3 rings (SSSR count). The van der Waals surface area contributed by atoms with Crippen LogP contribution in [-0.4, -0.2) is 15.0 Å². The minimum absolute atomic E-state index is 0.247. The van der Waals surface area contributed by atoms with E-state index in [0.717, 1.165) is 29.5 Å². The molecular weight excluding hydrogens is 352 g/mol. The molecule has 21 heavy (non-hydrogen) atoms. The van der Waals surface area contributed by atoms with Crippen LogP contribution in [0.1, 0.15) is 12.0 Å². The Kier molecular flexibility index (Phi) is 3.91. The molecule has 0 radical (unpaired) electrons. The molecule has 0 aliphatic carbocycles. The fourth-order valence-corrected chi connectivity index (χ4v) is 3.67. The minimum Gasteiger partial charge on any atom is -0.385 e. The summed E-state index contributed by atoms with van der Waals surface area (Å²) >= 11 is 3.30. The van der Waals surface area contributed by atoms with E-state index in [1.807, 2.05) is 18.2 Å². The Hall–Kier alpha value is -1.53. The van der Waals surface area contributed by atoms with Crippen molar-refractivity contribution in [1.29, 1.82) is 0 Å². The molecule has 0 saturated heterocycles. The van der Waals surface area contributed by atoms with Crippen LogP contribution in [0, 0.1) is 0 Å². The Bertz CT molecular complexity index is 758. The van der Waals surface area contributed by atoms with Gasteiger partial charge in [0.15, 0.2) is 0 Å². The third kappa shape index (κ3) is 3.22. The van der Waals surface area contributed by atoms with Crippen molar-refractivity contribution in [2.75, 3.05) is 16.6 Å². The van der Waals surface area contributed by atoms with Crippen LogP contribution in [0.2, 0.25) is 0 Å². The van der Waals surface area contributed by atoms with Crippen molar-refractivity contribution in [2.24, 2.45) is 0 Å². The summed E-state index contributed by atoms with van der Waals surface area (Å²) in [6.07, 6.45) is 2.14. The number of sulfonamides is 1. The van der Waals surface area contributed by atoms with Crippen LogP contribution in [0.4, 0.5) is 11.4 Å². The average Bonchev–Trinajstić information content (AvgIpc) is 2.47. The first-order chi connectivity index (χ1) is 10.0. The van der Waals surface area contributed by atoms with Gasteiger partial charge in [-0.05, 0) is 54.8 Å². The molecular formula is C15H15BrN2O2S. The SMILES string of the molecule is O=S(=O)(Nc1ccc2c(c1)NCCC2)c1ccc(Br)cc1. The minimum atomic E-state index is -3.56. The molecule has 0 saturated carbocycles. The maximum atomic E-state index is 12.3. The molecule has 1 aliphatic heterocycles. The molecule has 0 bridgehead atoms. The summed E-state index contributed by atoms with van der Waals surface area (Å²) in [4.78, 5) is 0.247. The number of anilines is 2. The molecule has 0 amide bonds. The first-order valence-corrected chi connectivity index (χ1v) is 8.97. The maximum Gasteiger partial charge on any atom is 0.261 e. The highest BCUT2D eigenvalue weighted by molar-refractivity contribution is 9.10. The van der Waals surface area contributed by atoms with Crippen molar-refractivity contribution in [3.8, 4) is 0 Å². The Balaban J connectivity index is 1.87. The number of fused-ring (bicyclic) bond motifs is 1. The fraction of sp³-hybridized carbons (Fsp3) is 0.200. The number of aryl methyl sites for hydroxylation is 1. The van der Waals surface area contributed by atoms with Gasteiger partial charge in [-0.3, -0.25) is 4.72 Å². The molecule has 6 heteroatoms. The van der Waals surface area contributed by atoms with Crippen LogP contribution in [-0.2, 0) is 16.4 Å². The standard InChI is InChI=1S/C15H15BrN2O2S/c16-12-4-7-14(8-5-12)21(19,20)18-13-6-3-11-2-1-9-17-15(11)10-13/h3-8,10,17-18H,1-2,9H2. The molecule has 0 fully saturated rings. The van der Waals surface area contributed by atoms with E-state index in [2.05, 4.69) is 26.0 Å². The van der Waals surface area contributed by atoms with Crippen LogP contribution in [0.25, 0.3) is 0 Å². The zero-order chi connectivity index (χ0) is 14.9. The van der Waals surface area contributed by atoms with E-state index >= 15 is 0 Å². The van der Waals surface area contributed by atoms with Crippen LogP contribution in [0.3, 0.4) is 0 Å². The second-order valence-electron chi connectivity index (χ2n) is 4.96. The lowest BCUT2D eigenvalue weighted by Crippen LogP contribution is -2.15. The smallest absolute Gasteiger partial charge is 0.261 e. The van der Waals surface area contributed by atoms with Gasteiger partial charge in [-0.15, -0.1) is 0 Å². The van der Waals surface area contributed by atoms with Gasteiger partial charge in [-0.25, -0.2) is 8.42 Å². The second-order valence-corrected chi connectivity index (χ2v) is 7.56. The summed E-state index contributed by atoms with van der Waals surface area (Å²) < 4.78 is 28.1. The molecule has 2 aromatic rings. The summed E-state index contributed by atoms with van der Waals surface area (Å²) in [7, 11) is -3.56. The maximum absolute atomic E-state index is 12.3. The first-order valence-electron chi connectivity index (χ1n) is 6.70. The molecule has 0 atom stereocenters. The molecule has 110 valence electrons.